The Balaban J connectivity index is 0.00000274. The minimum absolute atomic E-state index is 0. The fourth-order valence-electron chi connectivity index (χ4n) is 4.41. The number of nitrogens with two attached hydrogens (primary N) is 1. The Morgan fingerprint density at radius 3 is 2.56 bits per heavy atom. The average molecular weight is 480 g/mol. The van der Waals surface area contributed by atoms with Crippen molar-refractivity contribution in [2.75, 3.05) is 56.3 Å². The van der Waals surface area contributed by atoms with Crippen LogP contribution in [0.2, 0.25) is 0 Å². The second kappa shape index (κ2) is 9.79. The molecule has 3 heterocycles. The van der Waals surface area contributed by atoms with Crippen LogP contribution in [-0.2, 0) is 7.05 Å². The third-order valence-electron chi connectivity index (χ3n) is 6.27. The summed E-state index contributed by atoms with van der Waals surface area (Å²) in [6.07, 6.45) is 3.86. The lowest BCUT2D eigenvalue weighted by Crippen LogP contribution is -2.44. The number of nitrogens with one attached hydrogen (secondary N) is 1. The van der Waals surface area contributed by atoms with E-state index in [1.165, 1.54) is 0 Å². The number of hydrogen-bond donors (Lipinski definition) is 2. The Morgan fingerprint density at radius 2 is 1.79 bits per heavy atom. The number of benzene rings is 2. The number of piperazine rings is 1. The molecule has 9 heteroatoms. The predicted octanol–water partition coefficient (Wildman–Crippen LogP) is 4.14. The molecule has 178 valence electrons. The quantitative estimate of drug-likeness (QED) is 0.416. The summed E-state index contributed by atoms with van der Waals surface area (Å²) in [4.78, 5) is 13.8. The van der Waals surface area contributed by atoms with Crippen LogP contribution in [0, 0.1) is 0 Å². The van der Waals surface area contributed by atoms with E-state index < -0.39 is 0 Å². The normalized spacial score (nSPS) is 14.1. The molecule has 0 unspecified atom stereocenters. The number of aromatic nitrogens is 3. The molecular weight excluding hydrogens is 450 g/mol. The van der Waals surface area contributed by atoms with Crippen LogP contribution in [0.4, 0.5) is 23.0 Å². The number of methoxy groups -OCH3 is 1. The number of ether oxygens (including phenoxy) is 1. The fourth-order valence-corrected chi connectivity index (χ4v) is 4.41. The van der Waals surface area contributed by atoms with Crippen molar-refractivity contribution in [2.45, 2.75) is 0 Å². The van der Waals surface area contributed by atoms with Crippen LogP contribution in [0.5, 0.6) is 5.75 Å². The molecule has 1 saturated heterocycles. The van der Waals surface area contributed by atoms with Crippen LogP contribution >= 0.6 is 12.4 Å². The number of anilines is 4. The number of nitrogens with zero attached hydrogens (tertiary/aromatic N) is 5. The Bertz CT molecular complexity index is 1300. The van der Waals surface area contributed by atoms with E-state index >= 15 is 0 Å². The highest BCUT2D eigenvalue weighted by Crippen LogP contribution is 2.37. The number of para-hydroxylation sites is 1. The second-order valence-corrected chi connectivity index (χ2v) is 8.46. The minimum atomic E-state index is 0. The van der Waals surface area contributed by atoms with Gasteiger partial charge in [0, 0.05) is 68.2 Å². The van der Waals surface area contributed by atoms with Crippen molar-refractivity contribution in [1.82, 2.24) is 19.4 Å². The third kappa shape index (κ3) is 4.47. The van der Waals surface area contributed by atoms with E-state index in [-0.39, 0.29) is 12.4 Å². The first-order valence-corrected chi connectivity index (χ1v) is 11.1. The van der Waals surface area contributed by atoms with Gasteiger partial charge in [-0.3, -0.25) is 0 Å². The maximum atomic E-state index is 6.46. The first-order chi connectivity index (χ1) is 16.0. The van der Waals surface area contributed by atoms with E-state index in [0.717, 1.165) is 59.7 Å². The molecule has 0 radical (unpaired) electrons. The van der Waals surface area contributed by atoms with Crippen molar-refractivity contribution in [3.05, 3.63) is 54.9 Å². The van der Waals surface area contributed by atoms with Crippen molar-refractivity contribution >= 4 is 46.3 Å². The van der Waals surface area contributed by atoms with Gasteiger partial charge in [0.1, 0.15) is 5.75 Å². The summed E-state index contributed by atoms with van der Waals surface area (Å²) in [6.45, 7) is 3.90. The van der Waals surface area contributed by atoms with Crippen LogP contribution in [0.3, 0.4) is 0 Å². The predicted molar refractivity (Wildman–Crippen MR) is 142 cm³/mol. The van der Waals surface area contributed by atoms with Crippen molar-refractivity contribution in [2.24, 2.45) is 7.05 Å². The summed E-state index contributed by atoms with van der Waals surface area (Å²) in [7, 11) is 5.85. The first-order valence-electron chi connectivity index (χ1n) is 11.1. The molecule has 5 rings (SSSR count). The number of fused-ring (bicyclic) bond motifs is 1. The van der Waals surface area contributed by atoms with Gasteiger partial charge >= 0.3 is 0 Å². The van der Waals surface area contributed by atoms with Gasteiger partial charge in [0.15, 0.2) is 0 Å². The monoisotopic (exact) mass is 479 g/mol. The zero-order valence-corrected chi connectivity index (χ0v) is 20.5. The topological polar surface area (TPSA) is 84.5 Å². The Hall–Kier alpha value is -3.49. The zero-order valence-electron chi connectivity index (χ0n) is 19.7. The summed E-state index contributed by atoms with van der Waals surface area (Å²) < 4.78 is 7.80. The van der Waals surface area contributed by atoms with E-state index in [9.17, 15) is 0 Å². The van der Waals surface area contributed by atoms with E-state index in [4.69, 9.17) is 15.5 Å². The minimum Gasteiger partial charge on any atom is -0.494 e. The maximum absolute atomic E-state index is 6.46. The Kier molecular flexibility index (Phi) is 6.81. The van der Waals surface area contributed by atoms with Gasteiger partial charge in [-0.2, -0.15) is 0 Å². The molecule has 1 fully saturated rings. The number of aryl methyl sites for hydroxylation is 1. The van der Waals surface area contributed by atoms with Crippen LogP contribution in [-0.4, -0.2) is 59.8 Å². The van der Waals surface area contributed by atoms with E-state index in [2.05, 4.69) is 50.0 Å². The molecular formula is C25H30ClN7O. The van der Waals surface area contributed by atoms with Gasteiger partial charge in [-0.05, 0) is 25.2 Å². The SMILES string of the molecule is COc1cc(N2CCN(C)CC2)c(N)cc1Nc1nccc(-c2cn(C)c3ccccc23)n1.Cl. The number of hydrogen-bond acceptors (Lipinski definition) is 7. The number of likely N-dealkylation sites (N-methyl/N-ethyl adjacent to an activating group) is 1. The lowest BCUT2D eigenvalue weighted by atomic mass is 10.1. The van der Waals surface area contributed by atoms with Gasteiger partial charge in [-0.15, -0.1) is 12.4 Å². The van der Waals surface area contributed by atoms with E-state index in [0.29, 0.717) is 17.4 Å². The average Bonchev–Trinajstić information content (AvgIpc) is 3.17. The maximum Gasteiger partial charge on any atom is 0.227 e. The molecule has 0 saturated carbocycles. The van der Waals surface area contributed by atoms with Gasteiger partial charge in [-0.25, -0.2) is 9.97 Å². The molecule has 8 nitrogen and oxygen atoms in total. The van der Waals surface area contributed by atoms with Crippen molar-refractivity contribution < 1.29 is 4.74 Å². The molecule has 2 aromatic heterocycles. The molecule has 0 amide bonds. The first kappa shape index (κ1) is 23.7. The van der Waals surface area contributed by atoms with Gasteiger partial charge in [0.05, 0.1) is 29.9 Å². The third-order valence-corrected chi connectivity index (χ3v) is 6.27. The Morgan fingerprint density at radius 1 is 1.03 bits per heavy atom. The smallest absolute Gasteiger partial charge is 0.227 e. The standard InChI is InChI=1S/C25H29N7O.ClH/c1-30-10-12-32(13-11-30)23-15-24(33-3)21(14-19(23)26)29-25-27-9-8-20(28-25)18-16-31(2)22-7-5-4-6-17(18)22;/h4-9,14-16H,10-13,26H2,1-3H3,(H,27,28,29);1H. The number of rotatable bonds is 5. The van der Waals surface area contributed by atoms with Crippen LogP contribution < -0.4 is 20.7 Å². The summed E-state index contributed by atoms with van der Waals surface area (Å²) >= 11 is 0. The number of halogens is 1. The van der Waals surface area contributed by atoms with Crippen LogP contribution in [0.25, 0.3) is 22.2 Å². The summed E-state index contributed by atoms with van der Waals surface area (Å²) in [5.41, 5.74) is 12.0. The van der Waals surface area contributed by atoms with Gasteiger partial charge in [0.25, 0.3) is 0 Å². The van der Waals surface area contributed by atoms with Crippen molar-refractivity contribution in [3.8, 4) is 17.0 Å². The van der Waals surface area contributed by atoms with Crippen molar-refractivity contribution in [1.29, 1.82) is 0 Å². The number of nitrogen functional groups attached to an aromatic ring is 1. The molecule has 4 aromatic rings. The van der Waals surface area contributed by atoms with Crippen LogP contribution in [0.15, 0.2) is 54.9 Å². The van der Waals surface area contributed by atoms with E-state index in [1.54, 1.807) is 13.3 Å². The Labute approximate surface area is 205 Å². The molecule has 1 aliphatic rings. The molecule has 3 N–H and O–H groups in total. The molecule has 1 aliphatic heterocycles. The molecule has 0 aliphatic carbocycles. The summed E-state index contributed by atoms with van der Waals surface area (Å²) in [5, 5.41) is 4.46. The summed E-state index contributed by atoms with van der Waals surface area (Å²) in [5.74, 6) is 1.20. The zero-order chi connectivity index (χ0) is 22.9. The van der Waals surface area contributed by atoms with Crippen LogP contribution in [0.1, 0.15) is 0 Å². The lowest BCUT2D eigenvalue weighted by molar-refractivity contribution is 0.313. The molecule has 2 aromatic carbocycles. The lowest BCUT2D eigenvalue weighted by Gasteiger charge is -2.35. The highest BCUT2D eigenvalue weighted by Gasteiger charge is 2.19. The van der Waals surface area contributed by atoms with Crippen molar-refractivity contribution in [3.63, 3.8) is 0 Å². The highest BCUT2D eigenvalue weighted by molar-refractivity contribution is 5.95. The highest BCUT2D eigenvalue weighted by atomic mass is 35.5. The second-order valence-electron chi connectivity index (χ2n) is 8.46. The molecule has 0 spiro atoms. The summed E-state index contributed by atoms with van der Waals surface area (Å²) in [6, 6.07) is 14.1. The van der Waals surface area contributed by atoms with Gasteiger partial charge < -0.3 is 30.2 Å². The molecule has 0 bridgehead atoms. The largest absolute Gasteiger partial charge is 0.494 e. The van der Waals surface area contributed by atoms with Gasteiger partial charge in [-0.1, -0.05) is 18.2 Å². The van der Waals surface area contributed by atoms with E-state index in [1.807, 2.05) is 37.4 Å². The molecule has 34 heavy (non-hydrogen) atoms. The fraction of sp³-hybridized carbons (Fsp3) is 0.280. The molecule has 0 atom stereocenters. The van der Waals surface area contributed by atoms with Gasteiger partial charge in [0.2, 0.25) is 5.95 Å².